The summed E-state index contributed by atoms with van der Waals surface area (Å²) >= 11 is 0. The molecule has 0 saturated carbocycles. The molecule has 0 aliphatic heterocycles. The van der Waals surface area contributed by atoms with E-state index in [0.29, 0.717) is 32.8 Å². The first-order valence-electron chi connectivity index (χ1n) is 13.6. The summed E-state index contributed by atoms with van der Waals surface area (Å²) in [7, 11) is 0. The Morgan fingerprint density at radius 2 is 0.821 bits per heavy atom. The van der Waals surface area contributed by atoms with E-state index in [1.54, 1.807) is 0 Å². The molecule has 1 aliphatic rings. The minimum absolute atomic E-state index is 0.198. The molecule has 39 heavy (non-hydrogen) atoms. The molecule has 0 bridgehead atoms. The molecule has 4 nitrogen and oxygen atoms in total. The molecule has 200 valence electrons. The van der Waals surface area contributed by atoms with Crippen LogP contribution in [0.3, 0.4) is 0 Å². The van der Waals surface area contributed by atoms with Crippen molar-refractivity contribution in [1.82, 2.24) is 0 Å². The lowest BCUT2D eigenvalue weighted by Crippen LogP contribution is -2.47. The molecule has 0 amide bonds. The van der Waals surface area contributed by atoms with Crippen molar-refractivity contribution in [1.29, 1.82) is 0 Å². The summed E-state index contributed by atoms with van der Waals surface area (Å²) in [4.78, 5) is 0. The summed E-state index contributed by atoms with van der Waals surface area (Å²) < 4.78 is 26.3. The Morgan fingerprint density at radius 1 is 0.436 bits per heavy atom. The van der Waals surface area contributed by atoms with Gasteiger partial charge < -0.3 is 18.9 Å². The Morgan fingerprint density at radius 3 is 1.28 bits per heavy atom. The number of rotatable bonds is 12. The van der Waals surface area contributed by atoms with Crippen LogP contribution in [0.4, 0.5) is 0 Å². The summed E-state index contributed by atoms with van der Waals surface area (Å²) in [6.07, 6.45) is 3.78. The van der Waals surface area contributed by atoms with Gasteiger partial charge in [0, 0.05) is 0 Å². The van der Waals surface area contributed by atoms with Crippen LogP contribution in [-0.2, 0) is 45.4 Å². The lowest BCUT2D eigenvalue weighted by molar-refractivity contribution is -0.178. The summed E-state index contributed by atoms with van der Waals surface area (Å²) in [5.74, 6) is 0. The lowest BCUT2D eigenvalue weighted by Gasteiger charge is -2.35. The van der Waals surface area contributed by atoms with Gasteiger partial charge in [-0.25, -0.2) is 0 Å². The highest BCUT2D eigenvalue weighted by atomic mass is 16.6. The fraction of sp³-hybridized carbons (Fsp3) is 0.257. The maximum atomic E-state index is 6.66. The van der Waals surface area contributed by atoms with Gasteiger partial charge in [0.05, 0.1) is 32.5 Å². The van der Waals surface area contributed by atoms with Crippen molar-refractivity contribution in [2.45, 2.75) is 57.3 Å². The van der Waals surface area contributed by atoms with Crippen molar-refractivity contribution in [2.24, 2.45) is 0 Å². The van der Waals surface area contributed by atoms with Crippen LogP contribution >= 0.6 is 0 Å². The van der Waals surface area contributed by atoms with Crippen molar-refractivity contribution >= 4 is 0 Å². The van der Waals surface area contributed by atoms with E-state index in [1.165, 1.54) is 0 Å². The average molecular weight is 521 g/mol. The van der Waals surface area contributed by atoms with E-state index in [9.17, 15) is 0 Å². The topological polar surface area (TPSA) is 36.9 Å². The molecule has 4 heteroatoms. The second-order valence-electron chi connectivity index (χ2n) is 9.78. The van der Waals surface area contributed by atoms with E-state index < -0.39 is 0 Å². The standard InChI is InChI=1S/C35H36O4/c1-5-14-28(15-6-1)24-36-32-22-13-23-33(37-25-29-16-7-2-8-17-29)35(39-27-31-20-11-4-12-21-31)34(32)38-26-30-18-9-3-10-19-30/h1-22,32-35H,23-27H2/t32-,33+,34-,35-/m0/s1. The van der Waals surface area contributed by atoms with Crippen molar-refractivity contribution in [3.63, 3.8) is 0 Å². The Hall–Kier alpha value is -3.54. The van der Waals surface area contributed by atoms with Gasteiger partial charge in [-0.15, -0.1) is 0 Å². The predicted molar refractivity (Wildman–Crippen MR) is 154 cm³/mol. The molecule has 0 spiro atoms. The summed E-state index contributed by atoms with van der Waals surface area (Å²) in [5, 5.41) is 0. The fourth-order valence-electron chi connectivity index (χ4n) is 4.77. The number of ether oxygens (including phenoxy) is 4. The van der Waals surface area contributed by atoms with Crippen LogP contribution in [0, 0.1) is 0 Å². The fourth-order valence-corrected chi connectivity index (χ4v) is 4.77. The van der Waals surface area contributed by atoms with Gasteiger partial charge in [-0.05, 0) is 28.7 Å². The minimum Gasteiger partial charge on any atom is -0.370 e. The maximum Gasteiger partial charge on any atom is 0.116 e. The third-order valence-electron chi connectivity index (χ3n) is 6.87. The zero-order chi connectivity index (χ0) is 26.5. The zero-order valence-corrected chi connectivity index (χ0v) is 22.2. The number of hydrogen-bond acceptors (Lipinski definition) is 4. The van der Waals surface area contributed by atoms with Gasteiger partial charge in [-0.2, -0.15) is 0 Å². The van der Waals surface area contributed by atoms with Crippen molar-refractivity contribution in [3.8, 4) is 0 Å². The van der Waals surface area contributed by atoms with Gasteiger partial charge in [0.25, 0.3) is 0 Å². The number of hydrogen-bond donors (Lipinski definition) is 0. The van der Waals surface area contributed by atoms with Gasteiger partial charge >= 0.3 is 0 Å². The van der Waals surface area contributed by atoms with Crippen molar-refractivity contribution < 1.29 is 18.9 Å². The Balaban J connectivity index is 1.39. The first-order valence-corrected chi connectivity index (χ1v) is 13.6. The molecule has 1 aliphatic carbocycles. The molecular weight excluding hydrogens is 484 g/mol. The van der Waals surface area contributed by atoms with E-state index in [-0.39, 0.29) is 24.4 Å². The van der Waals surface area contributed by atoms with Gasteiger partial charge in [0.15, 0.2) is 0 Å². The molecule has 0 N–H and O–H groups in total. The quantitative estimate of drug-likeness (QED) is 0.184. The Bertz CT molecular complexity index is 1250. The van der Waals surface area contributed by atoms with Crippen LogP contribution in [0.1, 0.15) is 28.7 Å². The highest BCUT2D eigenvalue weighted by Gasteiger charge is 2.39. The normalized spacial score (nSPS) is 20.9. The van der Waals surface area contributed by atoms with Crippen LogP contribution < -0.4 is 0 Å². The van der Waals surface area contributed by atoms with E-state index in [4.69, 9.17) is 18.9 Å². The third-order valence-corrected chi connectivity index (χ3v) is 6.87. The maximum absolute atomic E-state index is 6.66. The molecule has 4 atom stereocenters. The lowest BCUT2D eigenvalue weighted by atomic mass is 10.0. The monoisotopic (exact) mass is 520 g/mol. The van der Waals surface area contributed by atoms with Crippen molar-refractivity contribution in [2.75, 3.05) is 0 Å². The molecule has 0 saturated heterocycles. The second kappa shape index (κ2) is 14.6. The van der Waals surface area contributed by atoms with Crippen LogP contribution in [-0.4, -0.2) is 24.4 Å². The van der Waals surface area contributed by atoms with Gasteiger partial charge in [-0.3, -0.25) is 0 Å². The second-order valence-corrected chi connectivity index (χ2v) is 9.78. The van der Waals surface area contributed by atoms with Crippen LogP contribution in [0.5, 0.6) is 0 Å². The summed E-state index contributed by atoms with van der Waals surface area (Å²) in [6, 6.07) is 41.0. The summed E-state index contributed by atoms with van der Waals surface area (Å²) in [5.41, 5.74) is 4.47. The van der Waals surface area contributed by atoms with Gasteiger partial charge in [-0.1, -0.05) is 133 Å². The third kappa shape index (κ3) is 8.22. The first kappa shape index (κ1) is 27.0. The van der Waals surface area contributed by atoms with E-state index in [1.807, 2.05) is 72.8 Å². The smallest absolute Gasteiger partial charge is 0.116 e. The van der Waals surface area contributed by atoms with Gasteiger partial charge in [0.2, 0.25) is 0 Å². The molecule has 0 fully saturated rings. The van der Waals surface area contributed by atoms with E-state index >= 15 is 0 Å². The van der Waals surface area contributed by atoms with Gasteiger partial charge in [0.1, 0.15) is 18.3 Å². The predicted octanol–water partition coefficient (Wildman–Crippen LogP) is 7.29. The SMILES string of the molecule is C1=C[C@H](OCc2ccccc2)[C@H](OCc2ccccc2)[C@@H](OCc2ccccc2)[C@H](OCc2ccccc2)C1. The molecule has 0 aromatic heterocycles. The highest BCUT2D eigenvalue weighted by Crippen LogP contribution is 2.28. The minimum atomic E-state index is -0.364. The molecule has 4 aromatic carbocycles. The molecule has 0 radical (unpaired) electrons. The Kier molecular flexibility index (Phi) is 10.1. The first-order chi connectivity index (χ1) is 19.3. The molecule has 5 rings (SSSR count). The summed E-state index contributed by atoms with van der Waals surface area (Å²) in [6.45, 7) is 1.92. The van der Waals surface area contributed by atoms with E-state index in [2.05, 4.69) is 60.7 Å². The average Bonchev–Trinajstić information content (AvgIpc) is 3.17. The van der Waals surface area contributed by atoms with Crippen molar-refractivity contribution in [3.05, 3.63) is 156 Å². The zero-order valence-electron chi connectivity index (χ0n) is 22.2. The molecule has 4 aromatic rings. The van der Waals surface area contributed by atoms with Crippen LogP contribution in [0.25, 0.3) is 0 Å². The van der Waals surface area contributed by atoms with E-state index in [0.717, 1.165) is 22.3 Å². The van der Waals surface area contributed by atoms with Crippen LogP contribution in [0.2, 0.25) is 0 Å². The largest absolute Gasteiger partial charge is 0.370 e. The van der Waals surface area contributed by atoms with Crippen LogP contribution in [0.15, 0.2) is 133 Å². The highest BCUT2D eigenvalue weighted by molar-refractivity contribution is 5.17. The number of benzene rings is 4. The molecular formula is C35H36O4. The molecule has 0 unspecified atom stereocenters. The Labute approximate surface area is 231 Å². The molecule has 0 heterocycles.